The van der Waals surface area contributed by atoms with Gasteiger partial charge in [-0.25, -0.2) is 4.98 Å². The number of oxazole rings is 1. The lowest BCUT2D eigenvalue weighted by molar-refractivity contribution is 0.157. The summed E-state index contributed by atoms with van der Waals surface area (Å²) >= 11 is 0. The Morgan fingerprint density at radius 1 is 1.67 bits per heavy atom. The molecule has 0 saturated heterocycles. The maximum Gasteiger partial charge on any atom is 0.180 e. The molecule has 0 saturated carbocycles. The average molecular weight is 169 g/mol. The Hall–Kier alpha value is -0.830. The molecule has 0 aromatic carbocycles. The zero-order valence-electron chi connectivity index (χ0n) is 7.36. The molecule has 0 fully saturated rings. The van der Waals surface area contributed by atoms with E-state index in [1.165, 1.54) is 6.39 Å². The third kappa shape index (κ3) is 3.05. The number of hydrogen-bond donors (Lipinski definition) is 1. The van der Waals surface area contributed by atoms with Gasteiger partial charge in [0.05, 0.1) is 12.3 Å². The molecule has 3 nitrogen and oxygen atoms in total. The summed E-state index contributed by atoms with van der Waals surface area (Å²) in [6.45, 7) is 1.99. The first kappa shape index (κ1) is 9.26. The largest absolute Gasteiger partial charge is 0.449 e. The first-order valence-corrected chi connectivity index (χ1v) is 4.38. The molecule has 1 heterocycles. The Morgan fingerprint density at radius 2 is 2.50 bits per heavy atom. The quantitative estimate of drug-likeness (QED) is 0.730. The van der Waals surface area contributed by atoms with Gasteiger partial charge in [0.15, 0.2) is 6.39 Å². The third-order valence-corrected chi connectivity index (χ3v) is 1.92. The van der Waals surface area contributed by atoms with Crippen molar-refractivity contribution >= 4 is 0 Å². The van der Waals surface area contributed by atoms with Gasteiger partial charge >= 0.3 is 0 Å². The van der Waals surface area contributed by atoms with Gasteiger partial charge in [0.25, 0.3) is 0 Å². The molecule has 0 aliphatic rings. The standard InChI is InChI=1S/C9H15NO2/c1-2-8(11)4-3-5-9-6-10-7-12-9/h6-8,11H,2-5H2,1H3. The molecule has 1 N–H and O–H groups in total. The number of hydrogen-bond acceptors (Lipinski definition) is 3. The molecule has 0 spiro atoms. The fourth-order valence-corrected chi connectivity index (χ4v) is 1.08. The van der Waals surface area contributed by atoms with Gasteiger partial charge in [-0.15, -0.1) is 0 Å². The number of aliphatic hydroxyl groups excluding tert-OH is 1. The van der Waals surface area contributed by atoms with Gasteiger partial charge in [-0.3, -0.25) is 0 Å². The van der Waals surface area contributed by atoms with Crippen LogP contribution in [0.5, 0.6) is 0 Å². The van der Waals surface area contributed by atoms with Gasteiger partial charge < -0.3 is 9.52 Å². The maximum absolute atomic E-state index is 9.24. The molecule has 12 heavy (non-hydrogen) atoms. The van der Waals surface area contributed by atoms with Crippen molar-refractivity contribution in [1.29, 1.82) is 0 Å². The van der Waals surface area contributed by atoms with Crippen molar-refractivity contribution < 1.29 is 9.52 Å². The van der Waals surface area contributed by atoms with Crippen molar-refractivity contribution in [2.75, 3.05) is 0 Å². The second-order valence-corrected chi connectivity index (χ2v) is 2.92. The van der Waals surface area contributed by atoms with Crippen LogP contribution >= 0.6 is 0 Å². The SMILES string of the molecule is CCC(O)CCCc1cnco1. The van der Waals surface area contributed by atoms with E-state index in [-0.39, 0.29) is 6.10 Å². The molecule has 1 unspecified atom stereocenters. The number of aromatic nitrogens is 1. The summed E-state index contributed by atoms with van der Waals surface area (Å²) in [7, 11) is 0. The van der Waals surface area contributed by atoms with Crippen molar-refractivity contribution in [2.24, 2.45) is 0 Å². The van der Waals surface area contributed by atoms with E-state index in [2.05, 4.69) is 4.98 Å². The molecular weight excluding hydrogens is 154 g/mol. The minimum Gasteiger partial charge on any atom is -0.449 e. The predicted octanol–water partition coefficient (Wildman–Crippen LogP) is 1.77. The molecule has 0 bridgehead atoms. The van der Waals surface area contributed by atoms with Crippen LogP contribution in [0.3, 0.4) is 0 Å². The van der Waals surface area contributed by atoms with E-state index in [0.29, 0.717) is 0 Å². The average Bonchev–Trinajstić information content (AvgIpc) is 2.57. The fourth-order valence-electron chi connectivity index (χ4n) is 1.08. The highest BCUT2D eigenvalue weighted by Crippen LogP contribution is 2.07. The van der Waals surface area contributed by atoms with Crippen molar-refractivity contribution in [1.82, 2.24) is 4.98 Å². The van der Waals surface area contributed by atoms with Crippen LogP contribution in [0.4, 0.5) is 0 Å². The van der Waals surface area contributed by atoms with Crippen molar-refractivity contribution in [3.63, 3.8) is 0 Å². The van der Waals surface area contributed by atoms with Gasteiger partial charge in [0.1, 0.15) is 5.76 Å². The molecule has 1 aromatic rings. The normalized spacial score (nSPS) is 13.2. The van der Waals surface area contributed by atoms with E-state index in [4.69, 9.17) is 4.42 Å². The monoisotopic (exact) mass is 169 g/mol. The Labute approximate surface area is 72.4 Å². The Morgan fingerprint density at radius 3 is 3.08 bits per heavy atom. The number of rotatable bonds is 5. The van der Waals surface area contributed by atoms with Crippen LogP contribution in [-0.4, -0.2) is 16.2 Å². The van der Waals surface area contributed by atoms with E-state index < -0.39 is 0 Å². The van der Waals surface area contributed by atoms with Gasteiger partial charge in [-0.05, 0) is 19.3 Å². The van der Waals surface area contributed by atoms with Gasteiger partial charge in [0, 0.05) is 6.42 Å². The minimum atomic E-state index is -0.159. The zero-order chi connectivity index (χ0) is 8.81. The highest BCUT2D eigenvalue weighted by Gasteiger charge is 2.01. The maximum atomic E-state index is 9.24. The Bertz CT molecular complexity index is 196. The lowest BCUT2D eigenvalue weighted by atomic mass is 10.1. The highest BCUT2D eigenvalue weighted by molar-refractivity contribution is 4.87. The van der Waals surface area contributed by atoms with E-state index in [1.807, 2.05) is 6.92 Å². The smallest absolute Gasteiger partial charge is 0.180 e. The predicted molar refractivity (Wildman–Crippen MR) is 45.7 cm³/mol. The summed E-state index contributed by atoms with van der Waals surface area (Å²) < 4.78 is 5.06. The van der Waals surface area contributed by atoms with Crippen molar-refractivity contribution in [3.05, 3.63) is 18.4 Å². The molecule has 3 heteroatoms. The van der Waals surface area contributed by atoms with Crippen molar-refractivity contribution in [2.45, 2.75) is 38.7 Å². The van der Waals surface area contributed by atoms with Crippen LogP contribution < -0.4 is 0 Å². The highest BCUT2D eigenvalue weighted by atomic mass is 16.3. The Balaban J connectivity index is 2.11. The Kier molecular flexibility index (Phi) is 3.80. The van der Waals surface area contributed by atoms with E-state index in [9.17, 15) is 5.11 Å². The summed E-state index contributed by atoms with van der Waals surface area (Å²) in [4.78, 5) is 3.81. The van der Waals surface area contributed by atoms with Gasteiger partial charge in [0.2, 0.25) is 0 Å². The third-order valence-electron chi connectivity index (χ3n) is 1.92. The van der Waals surface area contributed by atoms with Crippen LogP contribution in [0, 0.1) is 0 Å². The lowest BCUT2D eigenvalue weighted by Gasteiger charge is -2.04. The second kappa shape index (κ2) is 4.93. The number of aliphatic hydroxyl groups is 1. The van der Waals surface area contributed by atoms with Crippen LogP contribution in [-0.2, 0) is 6.42 Å². The summed E-state index contributed by atoms with van der Waals surface area (Å²) in [5, 5.41) is 9.24. The van der Waals surface area contributed by atoms with Crippen LogP contribution in [0.15, 0.2) is 17.0 Å². The number of nitrogens with zero attached hydrogens (tertiary/aromatic N) is 1. The van der Waals surface area contributed by atoms with Gasteiger partial charge in [-0.1, -0.05) is 6.92 Å². The molecule has 0 aliphatic heterocycles. The van der Waals surface area contributed by atoms with E-state index in [0.717, 1.165) is 31.4 Å². The molecule has 1 aromatic heterocycles. The van der Waals surface area contributed by atoms with Crippen LogP contribution in [0.25, 0.3) is 0 Å². The molecule has 0 aliphatic carbocycles. The summed E-state index contributed by atoms with van der Waals surface area (Å²) in [5.41, 5.74) is 0. The number of aryl methyl sites for hydroxylation is 1. The molecule has 1 rings (SSSR count). The van der Waals surface area contributed by atoms with Gasteiger partial charge in [-0.2, -0.15) is 0 Å². The zero-order valence-corrected chi connectivity index (χ0v) is 7.36. The summed E-state index contributed by atoms with van der Waals surface area (Å²) in [6.07, 6.45) is 6.51. The first-order chi connectivity index (χ1) is 5.83. The van der Waals surface area contributed by atoms with Crippen molar-refractivity contribution in [3.8, 4) is 0 Å². The molecular formula is C9H15NO2. The van der Waals surface area contributed by atoms with E-state index >= 15 is 0 Å². The fraction of sp³-hybridized carbons (Fsp3) is 0.667. The topological polar surface area (TPSA) is 46.3 Å². The summed E-state index contributed by atoms with van der Waals surface area (Å²) in [5.74, 6) is 0.901. The second-order valence-electron chi connectivity index (χ2n) is 2.92. The summed E-state index contributed by atoms with van der Waals surface area (Å²) in [6, 6.07) is 0. The molecule has 68 valence electrons. The first-order valence-electron chi connectivity index (χ1n) is 4.38. The molecule has 0 amide bonds. The molecule has 1 atom stereocenters. The minimum absolute atomic E-state index is 0.159. The van der Waals surface area contributed by atoms with E-state index in [1.54, 1.807) is 6.20 Å². The molecule has 0 radical (unpaired) electrons. The lowest BCUT2D eigenvalue weighted by Crippen LogP contribution is -2.04. The van der Waals surface area contributed by atoms with Crippen LogP contribution in [0.1, 0.15) is 31.9 Å². The van der Waals surface area contributed by atoms with Crippen LogP contribution in [0.2, 0.25) is 0 Å².